The van der Waals surface area contributed by atoms with Crippen molar-refractivity contribution in [2.24, 2.45) is 5.92 Å². The molecule has 2 atom stereocenters. The molecule has 0 saturated carbocycles. The standard InChI is InChI=1S/C13H25N3O/c1-11(2)13(6-10-17)15-12(3)5-9-16-8-4-7-14-16/h4,7-8,11-13,15,17H,5-6,9-10H2,1-3H3. The lowest BCUT2D eigenvalue weighted by Gasteiger charge is -2.26. The monoisotopic (exact) mass is 239 g/mol. The van der Waals surface area contributed by atoms with Crippen LogP contribution in [0.5, 0.6) is 0 Å². The first kappa shape index (κ1) is 14.2. The lowest BCUT2D eigenvalue weighted by Crippen LogP contribution is -2.41. The highest BCUT2D eigenvalue weighted by Gasteiger charge is 2.15. The molecule has 0 radical (unpaired) electrons. The summed E-state index contributed by atoms with van der Waals surface area (Å²) < 4.78 is 1.95. The van der Waals surface area contributed by atoms with Gasteiger partial charge in [-0.1, -0.05) is 13.8 Å². The molecule has 0 aliphatic heterocycles. The van der Waals surface area contributed by atoms with E-state index in [0.29, 0.717) is 18.0 Å². The third kappa shape index (κ3) is 5.33. The molecule has 0 aromatic carbocycles. The van der Waals surface area contributed by atoms with Crippen LogP contribution in [0.2, 0.25) is 0 Å². The molecule has 0 aliphatic rings. The van der Waals surface area contributed by atoms with E-state index >= 15 is 0 Å². The summed E-state index contributed by atoms with van der Waals surface area (Å²) in [6.07, 6.45) is 5.67. The molecule has 0 aliphatic carbocycles. The summed E-state index contributed by atoms with van der Waals surface area (Å²) in [7, 11) is 0. The Kier molecular flexibility index (Phi) is 6.22. The van der Waals surface area contributed by atoms with Crippen molar-refractivity contribution in [3.05, 3.63) is 18.5 Å². The average Bonchev–Trinajstić information content (AvgIpc) is 2.78. The Balaban J connectivity index is 2.29. The van der Waals surface area contributed by atoms with Crippen LogP contribution in [-0.4, -0.2) is 33.6 Å². The summed E-state index contributed by atoms with van der Waals surface area (Å²) in [5.74, 6) is 0.550. The number of aliphatic hydroxyl groups is 1. The van der Waals surface area contributed by atoms with Gasteiger partial charge in [-0.25, -0.2) is 0 Å². The first-order chi connectivity index (χ1) is 8.13. The molecular weight excluding hydrogens is 214 g/mol. The number of hydrogen-bond donors (Lipinski definition) is 2. The predicted octanol–water partition coefficient (Wildman–Crippen LogP) is 1.66. The number of aromatic nitrogens is 2. The van der Waals surface area contributed by atoms with Crippen molar-refractivity contribution in [1.82, 2.24) is 15.1 Å². The number of rotatable bonds is 8. The molecule has 4 heteroatoms. The Hall–Kier alpha value is -0.870. The number of hydrogen-bond acceptors (Lipinski definition) is 3. The minimum Gasteiger partial charge on any atom is -0.396 e. The number of aliphatic hydroxyl groups excluding tert-OH is 1. The van der Waals surface area contributed by atoms with Gasteiger partial charge in [0.1, 0.15) is 0 Å². The van der Waals surface area contributed by atoms with E-state index in [0.717, 1.165) is 19.4 Å². The van der Waals surface area contributed by atoms with Gasteiger partial charge in [0.2, 0.25) is 0 Å². The minimum absolute atomic E-state index is 0.252. The highest BCUT2D eigenvalue weighted by atomic mass is 16.3. The summed E-state index contributed by atoms with van der Waals surface area (Å²) in [5, 5.41) is 16.8. The molecule has 0 bridgehead atoms. The maximum atomic E-state index is 9.02. The largest absolute Gasteiger partial charge is 0.396 e. The minimum atomic E-state index is 0.252. The van der Waals surface area contributed by atoms with Crippen LogP contribution < -0.4 is 5.32 Å². The van der Waals surface area contributed by atoms with Gasteiger partial charge in [-0.3, -0.25) is 4.68 Å². The van der Waals surface area contributed by atoms with Crippen LogP contribution in [0, 0.1) is 5.92 Å². The summed E-state index contributed by atoms with van der Waals surface area (Å²) in [4.78, 5) is 0. The summed E-state index contributed by atoms with van der Waals surface area (Å²) >= 11 is 0. The van der Waals surface area contributed by atoms with E-state index in [1.807, 2.05) is 16.9 Å². The Morgan fingerprint density at radius 2 is 2.06 bits per heavy atom. The summed E-state index contributed by atoms with van der Waals surface area (Å²) in [6.45, 7) is 7.75. The molecule has 17 heavy (non-hydrogen) atoms. The molecule has 0 amide bonds. The molecule has 0 spiro atoms. The van der Waals surface area contributed by atoms with Crippen molar-refractivity contribution in [3.63, 3.8) is 0 Å². The molecule has 0 fully saturated rings. The molecular formula is C13H25N3O. The Bertz CT molecular complexity index is 285. The van der Waals surface area contributed by atoms with Crippen molar-refractivity contribution in [2.45, 2.75) is 52.2 Å². The van der Waals surface area contributed by atoms with Gasteiger partial charge in [0.05, 0.1) is 0 Å². The third-order valence-corrected chi connectivity index (χ3v) is 3.09. The third-order valence-electron chi connectivity index (χ3n) is 3.09. The zero-order chi connectivity index (χ0) is 12.7. The van der Waals surface area contributed by atoms with E-state index in [1.54, 1.807) is 6.20 Å². The zero-order valence-corrected chi connectivity index (χ0v) is 11.1. The molecule has 2 unspecified atom stereocenters. The highest BCUT2D eigenvalue weighted by Crippen LogP contribution is 2.08. The van der Waals surface area contributed by atoms with Gasteiger partial charge in [0, 0.05) is 37.6 Å². The van der Waals surface area contributed by atoms with Crippen LogP contribution in [0.25, 0.3) is 0 Å². The maximum Gasteiger partial charge on any atom is 0.0489 e. The summed E-state index contributed by atoms with van der Waals surface area (Å²) in [6, 6.07) is 2.78. The predicted molar refractivity (Wildman–Crippen MR) is 69.8 cm³/mol. The number of nitrogens with zero attached hydrogens (tertiary/aromatic N) is 2. The molecule has 98 valence electrons. The van der Waals surface area contributed by atoms with Gasteiger partial charge in [-0.2, -0.15) is 5.10 Å². The van der Waals surface area contributed by atoms with Crippen LogP contribution >= 0.6 is 0 Å². The molecule has 1 aromatic rings. The fraction of sp³-hybridized carbons (Fsp3) is 0.769. The fourth-order valence-electron chi connectivity index (χ4n) is 1.96. The van der Waals surface area contributed by atoms with E-state index in [-0.39, 0.29) is 6.61 Å². The van der Waals surface area contributed by atoms with Gasteiger partial charge in [-0.05, 0) is 31.7 Å². The van der Waals surface area contributed by atoms with Crippen molar-refractivity contribution in [1.29, 1.82) is 0 Å². The van der Waals surface area contributed by atoms with Gasteiger partial charge in [-0.15, -0.1) is 0 Å². The highest BCUT2D eigenvalue weighted by molar-refractivity contribution is 4.79. The van der Waals surface area contributed by atoms with Crippen molar-refractivity contribution in [2.75, 3.05) is 6.61 Å². The topological polar surface area (TPSA) is 50.1 Å². The van der Waals surface area contributed by atoms with Gasteiger partial charge < -0.3 is 10.4 Å². The van der Waals surface area contributed by atoms with Crippen LogP contribution in [-0.2, 0) is 6.54 Å². The second-order valence-corrected chi connectivity index (χ2v) is 4.99. The van der Waals surface area contributed by atoms with E-state index in [2.05, 4.69) is 31.2 Å². The Morgan fingerprint density at radius 1 is 1.29 bits per heavy atom. The summed E-state index contributed by atoms with van der Waals surface area (Å²) in [5.41, 5.74) is 0. The van der Waals surface area contributed by atoms with Crippen molar-refractivity contribution < 1.29 is 5.11 Å². The van der Waals surface area contributed by atoms with Crippen LogP contribution in [0.3, 0.4) is 0 Å². The van der Waals surface area contributed by atoms with Crippen molar-refractivity contribution in [3.8, 4) is 0 Å². The number of nitrogens with one attached hydrogen (secondary N) is 1. The second kappa shape index (κ2) is 7.45. The maximum absolute atomic E-state index is 9.02. The van der Waals surface area contributed by atoms with E-state index in [9.17, 15) is 0 Å². The van der Waals surface area contributed by atoms with E-state index < -0.39 is 0 Å². The molecule has 1 rings (SSSR count). The lowest BCUT2D eigenvalue weighted by molar-refractivity contribution is 0.233. The average molecular weight is 239 g/mol. The van der Waals surface area contributed by atoms with Crippen LogP contribution in [0.4, 0.5) is 0 Å². The molecule has 4 nitrogen and oxygen atoms in total. The van der Waals surface area contributed by atoms with Crippen molar-refractivity contribution >= 4 is 0 Å². The first-order valence-electron chi connectivity index (χ1n) is 6.47. The quantitative estimate of drug-likeness (QED) is 0.725. The number of aryl methyl sites for hydroxylation is 1. The van der Waals surface area contributed by atoms with Gasteiger partial charge in [0.15, 0.2) is 0 Å². The Labute approximate surface area is 104 Å². The SMILES string of the molecule is CC(CCn1cccn1)NC(CCO)C(C)C. The van der Waals surface area contributed by atoms with E-state index in [4.69, 9.17) is 5.11 Å². The van der Waals surface area contributed by atoms with Gasteiger partial charge >= 0.3 is 0 Å². The van der Waals surface area contributed by atoms with Crippen LogP contribution in [0.1, 0.15) is 33.6 Å². The van der Waals surface area contributed by atoms with E-state index in [1.165, 1.54) is 0 Å². The normalized spacial score (nSPS) is 15.1. The lowest BCUT2D eigenvalue weighted by atomic mass is 10.00. The Morgan fingerprint density at radius 3 is 2.59 bits per heavy atom. The van der Waals surface area contributed by atoms with Crippen LogP contribution in [0.15, 0.2) is 18.5 Å². The second-order valence-electron chi connectivity index (χ2n) is 4.99. The molecule has 1 aromatic heterocycles. The molecule has 2 N–H and O–H groups in total. The first-order valence-corrected chi connectivity index (χ1v) is 6.47. The molecule has 1 heterocycles. The van der Waals surface area contributed by atoms with Gasteiger partial charge in [0.25, 0.3) is 0 Å². The zero-order valence-electron chi connectivity index (χ0n) is 11.1. The molecule has 0 saturated heterocycles. The fourth-order valence-corrected chi connectivity index (χ4v) is 1.96. The smallest absolute Gasteiger partial charge is 0.0489 e.